The van der Waals surface area contributed by atoms with Crippen LogP contribution in [0.1, 0.15) is 22.5 Å². The van der Waals surface area contributed by atoms with Crippen molar-refractivity contribution in [1.29, 1.82) is 0 Å². The van der Waals surface area contributed by atoms with Gasteiger partial charge in [0, 0.05) is 37.5 Å². The summed E-state index contributed by atoms with van der Waals surface area (Å²) in [7, 11) is 3.58. The van der Waals surface area contributed by atoms with Gasteiger partial charge in [-0.3, -0.25) is 0 Å². The molecule has 1 aromatic heterocycles. The fraction of sp³-hybridized carbons (Fsp3) is 0.250. The van der Waals surface area contributed by atoms with Crippen molar-refractivity contribution in [3.05, 3.63) is 70.1 Å². The SMILES string of the molecule is Cn1c(C=CN2Cc3ccccc3C2)[n+](C)c2cc(Cl)c(C(F)(F)F)cc21. The molecule has 0 unspecified atom stereocenters. The van der Waals surface area contributed by atoms with E-state index in [2.05, 4.69) is 17.0 Å². The lowest BCUT2D eigenvalue weighted by Gasteiger charge is -2.09. The normalized spacial score (nSPS) is 14.5. The zero-order chi connectivity index (χ0) is 19.3. The van der Waals surface area contributed by atoms with Gasteiger partial charge in [0.1, 0.15) is 0 Å². The van der Waals surface area contributed by atoms with E-state index in [9.17, 15) is 13.2 Å². The van der Waals surface area contributed by atoms with Crippen molar-refractivity contribution in [2.75, 3.05) is 0 Å². The van der Waals surface area contributed by atoms with E-state index in [-0.39, 0.29) is 5.02 Å². The minimum Gasteiger partial charge on any atom is -0.368 e. The third kappa shape index (κ3) is 3.08. The number of benzene rings is 2. The van der Waals surface area contributed by atoms with Gasteiger partial charge >= 0.3 is 6.18 Å². The van der Waals surface area contributed by atoms with Crippen LogP contribution in [0.5, 0.6) is 0 Å². The zero-order valence-corrected chi connectivity index (χ0v) is 15.6. The molecule has 1 aliphatic heterocycles. The average Bonchev–Trinajstić information content (AvgIpc) is 3.11. The molecule has 0 radical (unpaired) electrons. The van der Waals surface area contributed by atoms with E-state index in [1.165, 1.54) is 17.2 Å². The number of aromatic nitrogens is 2. The molecule has 0 atom stereocenters. The number of hydrogen-bond acceptors (Lipinski definition) is 1. The highest BCUT2D eigenvalue weighted by molar-refractivity contribution is 6.32. The number of nitrogens with zero attached hydrogens (tertiary/aromatic N) is 3. The first-order valence-corrected chi connectivity index (χ1v) is 8.87. The number of fused-ring (bicyclic) bond motifs is 2. The van der Waals surface area contributed by atoms with E-state index in [1.54, 1.807) is 11.6 Å². The summed E-state index contributed by atoms with van der Waals surface area (Å²) in [6.07, 6.45) is -0.570. The van der Waals surface area contributed by atoms with Crippen LogP contribution in [0.2, 0.25) is 5.02 Å². The van der Waals surface area contributed by atoms with Gasteiger partial charge in [0.05, 0.1) is 24.7 Å². The maximum absolute atomic E-state index is 13.2. The van der Waals surface area contributed by atoms with E-state index in [1.807, 2.05) is 36.0 Å². The number of aryl methyl sites for hydroxylation is 2. The molecule has 3 nitrogen and oxygen atoms in total. The van der Waals surface area contributed by atoms with Gasteiger partial charge in [0.2, 0.25) is 0 Å². The van der Waals surface area contributed by atoms with Crippen molar-refractivity contribution >= 4 is 28.7 Å². The molecule has 0 bridgehead atoms. The first-order chi connectivity index (χ1) is 12.8. The van der Waals surface area contributed by atoms with Crippen molar-refractivity contribution in [3.63, 3.8) is 0 Å². The third-order valence-corrected chi connectivity index (χ3v) is 5.39. The van der Waals surface area contributed by atoms with Crippen molar-refractivity contribution in [3.8, 4) is 0 Å². The Morgan fingerprint density at radius 2 is 1.74 bits per heavy atom. The van der Waals surface area contributed by atoms with Crippen molar-refractivity contribution in [2.45, 2.75) is 19.3 Å². The summed E-state index contributed by atoms with van der Waals surface area (Å²) in [5, 5.41) is -0.290. The highest BCUT2D eigenvalue weighted by atomic mass is 35.5. The van der Waals surface area contributed by atoms with E-state index < -0.39 is 11.7 Å². The van der Waals surface area contributed by atoms with Crippen LogP contribution in [0.3, 0.4) is 0 Å². The molecule has 4 rings (SSSR count). The lowest BCUT2D eigenvalue weighted by Crippen LogP contribution is -2.31. The van der Waals surface area contributed by atoms with Gasteiger partial charge in [-0.25, -0.2) is 9.13 Å². The van der Waals surface area contributed by atoms with Crippen LogP contribution in [0, 0.1) is 0 Å². The molecule has 0 spiro atoms. The van der Waals surface area contributed by atoms with Crippen molar-refractivity contribution < 1.29 is 17.7 Å². The molecule has 2 heterocycles. The topological polar surface area (TPSA) is 12.1 Å². The van der Waals surface area contributed by atoms with Gasteiger partial charge in [0.25, 0.3) is 5.82 Å². The monoisotopic (exact) mass is 392 g/mol. The number of halogens is 4. The first kappa shape index (κ1) is 17.9. The van der Waals surface area contributed by atoms with E-state index in [0.29, 0.717) is 11.0 Å². The molecule has 7 heteroatoms. The summed E-state index contributed by atoms with van der Waals surface area (Å²) in [5.41, 5.74) is 2.91. The van der Waals surface area contributed by atoms with E-state index in [0.717, 1.165) is 25.0 Å². The standard InChI is InChI=1S/C20H18ClF3N3/c1-25-17-9-15(20(22,23)24)16(21)10-18(17)26(2)19(25)7-8-27-11-13-5-3-4-6-14(13)12-27/h3-10H,11-12H2,1-2H3/q+1. The second-order valence-electron chi connectivity index (χ2n) is 6.78. The van der Waals surface area contributed by atoms with Crippen LogP contribution in [0.15, 0.2) is 42.6 Å². The van der Waals surface area contributed by atoms with Gasteiger partial charge in [0.15, 0.2) is 11.0 Å². The maximum atomic E-state index is 13.2. The molecule has 0 N–H and O–H groups in total. The van der Waals surface area contributed by atoms with Crippen LogP contribution in [-0.2, 0) is 33.4 Å². The summed E-state index contributed by atoms with van der Waals surface area (Å²) in [6.45, 7) is 1.65. The molecule has 27 heavy (non-hydrogen) atoms. The Balaban J connectivity index is 1.71. The molecular formula is C20H18ClF3N3+. The highest BCUT2D eigenvalue weighted by Gasteiger charge is 2.35. The average molecular weight is 393 g/mol. The Hall–Kier alpha value is -2.47. The summed E-state index contributed by atoms with van der Waals surface area (Å²) in [4.78, 5) is 2.18. The molecule has 0 amide bonds. The summed E-state index contributed by atoms with van der Waals surface area (Å²) >= 11 is 5.88. The molecular weight excluding hydrogens is 375 g/mol. The number of imidazole rings is 1. The second-order valence-corrected chi connectivity index (χ2v) is 7.19. The predicted octanol–water partition coefficient (Wildman–Crippen LogP) is 4.66. The van der Waals surface area contributed by atoms with Gasteiger partial charge in [-0.05, 0) is 11.1 Å². The molecule has 0 saturated carbocycles. The van der Waals surface area contributed by atoms with Gasteiger partial charge in [-0.2, -0.15) is 13.2 Å². The first-order valence-electron chi connectivity index (χ1n) is 8.50. The Kier molecular flexibility index (Phi) is 4.18. The largest absolute Gasteiger partial charge is 0.418 e. The fourth-order valence-electron chi connectivity index (χ4n) is 3.64. The van der Waals surface area contributed by atoms with Gasteiger partial charge in [-0.1, -0.05) is 35.9 Å². The molecule has 0 fully saturated rings. The smallest absolute Gasteiger partial charge is 0.368 e. The van der Waals surface area contributed by atoms with Crippen molar-refractivity contribution in [1.82, 2.24) is 9.47 Å². The van der Waals surface area contributed by atoms with Gasteiger partial charge in [-0.15, -0.1) is 0 Å². The molecule has 2 aromatic carbocycles. The van der Waals surface area contributed by atoms with Crippen LogP contribution in [0.4, 0.5) is 13.2 Å². The number of rotatable bonds is 2. The van der Waals surface area contributed by atoms with Crippen LogP contribution in [0.25, 0.3) is 17.1 Å². The maximum Gasteiger partial charge on any atom is 0.418 e. The lowest BCUT2D eigenvalue weighted by atomic mass is 10.1. The van der Waals surface area contributed by atoms with Crippen molar-refractivity contribution in [2.24, 2.45) is 14.1 Å². The van der Waals surface area contributed by atoms with Gasteiger partial charge < -0.3 is 4.90 Å². The Labute approximate surface area is 159 Å². The number of hydrogen-bond donors (Lipinski definition) is 0. The molecule has 140 valence electrons. The van der Waals surface area contributed by atoms with Crippen LogP contribution >= 0.6 is 11.6 Å². The summed E-state index contributed by atoms with van der Waals surface area (Å²) in [6, 6.07) is 10.8. The summed E-state index contributed by atoms with van der Waals surface area (Å²) < 4.78 is 43.1. The Morgan fingerprint density at radius 3 is 2.33 bits per heavy atom. The van der Waals surface area contributed by atoms with E-state index in [4.69, 9.17) is 11.6 Å². The Morgan fingerprint density at radius 1 is 1.11 bits per heavy atom. The second kappa shape index (κ2) is 6.30. The quantitative estimate of drug-likeness (QED) is 0.577. The fourth-order valence-corrected chi connectivity index (χ4v) is 3.90. The Bertz CT molecular complexity index is 1040. The highest BCUT2D eigenvalue weighted by Crippen LogP contribution is 2.36. The molecule has 1 aliphatic rings. The van der Waals surface area contributed by atoms with E-state index >= 15 is 0 Å². The number of alkyl halides is 3. The minimum atomic E-state index is -4.48. The third-order valence-electron chi connectivity index (χ3n) is 5.08. The molecule has 3 aromatic rings. The molecule has 0 saturated heterocycles. The predicted molar refractivity (Wildman–Crippen MR) is 98.8 cm³/mol. The minimum absolute atomic E-state index is 0.290. The summed E-state index contributed by atoms with van der Waals surface area (Å²) in [5.74, 6) is 0.788. The van der Waals surface area contributed by atoms with Crippen LogP contribution in [-0.4, -0.2) is 9.47 Å². The molecule has 0 aliphatic carbocycles. The van der Waals surface area contributed by atoms with Crippen LogP contribution < -0.4 is 4.57 Å². The zero-order valence-electron chi connectivity index (χ0n) is 14.9. The lowest BCUT2D eigenvalue weighted by molar-refractivity contribution is -0.647.